The summed E-state index contributed by atoms with van der Waals surface area (Å²) in [6.45, 7) is 0.570. The molecule has 0 aliphatic heterocycles. The molecule has 1 saturated carbocycles. The highest BCUT2D eigenvalue weighted by atomic mass is 16.4. The summed E-state index contributed by atoms with van der Waals surface area (Å²) in [5, 5.41) is 23.9. The van der Waals surface area contributed by atoms with Gasteiger partial charge < -0.3 is 20.8 Å². The second kappa shape index (κ2) is 5.92. The van der Waals surface area contributed by atoms with E-state index in [9.17, 15) is 14.7 Å². The number of urea groups is 1. The highest BCUT2D eigenvalue weighted by molar-refractivity contribution is 5.87. The minimum Gasteiger partial charge on any atom is -0.478 e. The molecule has 1 aromatic rings. The molecule has 1 fully saturated rings. The third-order valence-electron chi connectivity index (χ3n) is 3.52. The third kappa shape index (κ3) is 3.71. The van der Waals surface area contributed by atoms with E-state index in [1.54, 1.807) is 12.1 Å². The Labute approximate surface area is 116 Å². The van der Waals surface area contributed by atoms with Gasteiger partial charge >= 0.3 is 12.0 Å². The van der Waals surface area contributed by atoms with Gasteiger partial charge in [-0.15, -0.1) is 0 Å². The van der Waals surface area contributed by atoms with Gasteiger partial charge in [0.05, 0.1) is 11.2 Å². The van der Waals surface area contributed by atoms with Crippen LogP contribution in [0.3, 0.4) is 0 Å². The number of carboxylic acid groups (broad SMARTS) is 1. The zero-order valence-electron chi connectivity index (χ0n) is 11.1. The van der Waals surface area contributed by atoms with Crippen LogP contribution in [-0.2, 0) is 6.54 Å². The van der Waals surface area contributed by atoms with E-state index in [-0.39, 0.29) is 18.1 Å². The monoisotopic (exact) mass is 278 g/mol. The van der Waals surface area contributed by atoms with Crippen molar-refractivity contribution in [2.45, 2.75) is 31.4 Å². The van der Waals surface area contributed by atoms with Crippen molar-refractivity contribution < 1.29 is 19.8 Å². The van der Waals surface area contributed by atoms with Gasteiger partial charge in [-0.1, -0.05) is 12.1 Å². The lowest BCUT2D eigenvalue weighted by molar-refractivity contribution is -0.0290. The number of aliphatic hydroxyl groups is 1. The van der Waals surface area contributed by atoms with Crippen LogP contribution in [0.1, 0.15) is 35.2 Å². The largest absolute Gasteiger partial charge is 0.478 e. The number of hydrogen-bond acceptors (Lipinski definition) is 3. The van der Waals surface area contributed by atoms with Crippen molar-refractivity contribution >= 4 is 12.0 Å². The summed E-state index contributed by atoms with van der Waals surface area (Å²) in [4.78, 5) is 22.2. The van der Waals surface area contributed by atoms with Crippen LogP contribution in [0.4, 0.5) is 4.79 Å². The lowest BCUT2D eigenvalue weighted by atomic mass is 9.80. The van der Waals surface area contributed by atoms with Crippen LogP contribution in [0.15, 0.2) is 24.3 Å². The van der Waals surface area contributed by atoms with Gasteiger partial charge in [-0.3, -0.25) is 0 Å². The summed E-state index contributed by atoms with van der Waals surface area (Å²) in [5.74, 6) is -0.976. The summed E-state index contributed by atoms with van der Waals surface area (Å²) >= 11 is 0. The first-order valence-electron chi connectivity index (χ1n) is 6.55. The molecule has 108 valence electrons. The van der Waals surface area contributed by atoms with Gasteiger partial charge in [-0.05, 0) is 37.0 Å². The van der Waals surface area contributed by atoms with Crippen LogP contribution in [-0.4, -0.2) is 34.4 Å². The van der Waals surface area contributed by atoms with E-state index in [4.69, 9.17) is 5.11 Å². The van der Waals surface area contributed by atoms with E-state index in [1.807, 2.05) is 0 Å². The Morgan fingerprint density at radius 3 is 2.30 bits per heavy atom. The minimum atomic E-state index is -0.976. The number of carboxylic acids is 1. The predicted molar refractivity (Wildman–Crippen MR) is 72.4 cm³/mol. The van der Waals surface area contributed by atoms with Gasteiger partial charge in [0.2, 0.25) is 0 Å². The first-order valence-corrected chi connectivity index (χ1v) is 6.55. The smallest absolute Gasteiger partial charge is 0.335 e. The zero-order chi connectivity index (χ0) is 14.6. The molecule has 20 heavy (non-hydrogen) atoms. The molecule has 1 aliphatic rings. The molecule has 1 aromatic carbocycles. The molecular formula is C14H18N2O4. The molecule has 0 atom stereocenters. The summed E-state index contributed by atoms with van der Waals surface area (Å²) in [5.41, 5.74) is 0.290. The maximum atomic E-state index is 11.6. The topological polar surface area (TPSA) is 98.7 Å². The standard InChI is InChI=1S/C14H18N2O4/c17-12(18)11-4-2-10(3-5-11)8-15-13(19)16-9-14(20)6-1-7-14/h2-5,20H,1,6-9H2,(H,17,18)(H2,15,16,19). The van der Waals surface area contributed by atoms with Crippen LogP contribution >= 0.6 is 0 Å². The number of nitrogens with one attached hydrogen (secondary N) is 2. The molecule has 4 N–H and O–H groups in total. The second-order valence-corrected chi connectivity index (χ2v) is 5.12. The molecule has 0 saturated heterocycles. The Bertz CT molecular complexity index is 494. The van der Waals surface area contributed by atoms with Gasteiger partial charge in [-0.2, -0.15) is 0 Å². The maximum absolute atomic E-state index is 11.6. The van der Waals surface area contributed by atoms with E-state index in [2.05, 4.69) is 10.6 Å². The van der Waals surface area contributed by atoms with E-state index >= 15 is 0 Å². The molecule has 1 aliphatic carbocycles. The molecule has 6 heteroatoms. The van der Waals surface area contributed by atoms with E-state index < -0.39 is 11.6 Å². The Balaban J connectivity index is 1.73. The first kappa shape index (κ1) is 14.3. The minimum absolute atomic E-state index is 0.213. The van der Waals surface area contributed by atoms with Gasteiger partial charge in [0.15, 0.2) is 0 Å². The Morgan fingerprint density at radius 1 is 1.15 bits per heavy atom. The second-order valence-electron chi connectivity index (χ2n) is 5.12. The van der Waals surface area contributed by atoms with E-state index in [0.717, 1.165) is 24.8 Å². The zero-order valence-corrected chi connectivity index (χ0v) is 11.1. The third-order valence-corrected chi connectivity index (χ3v) is 3.52. The Hall–Kier alpha value is -2.08. The molecule has 0 unspecified atom stereocenters. The summed E-state index contributed by atoms with van der Waals surface area (Å²) in [7, 11) is 0. The summed E-state index contributed by atoms with van der Waals surface area (Å²) in [6, 6.07) is 5.96. The lowest BCUT2D eigenvalue weighted by Crippen LogP contribution is -2.49. The van der Waals surface area contributed by atoms with Crippen molar-refractivity contribution in [1.29, 1.82) is 0 Å². The van der Waals surface area contributed by atoms with Crippen molar-refractivity contribution in [3.63, 3.8) is 0 Å². The fraction of sp³-hybridized carbons (Fsp3) is 0.429. The highest BCUT2D eigenvalue weighted by Gasteiger charge is 2.34. The van der Waals surface area contributed by atoms with Crippen molar-refractivity contribution in [2.75, 3.05) is 6.54 Å². The van der Waals surface area contributed by atoms with E-state index in [1.165, 1.54) is 12.1 Å². The fourth-order valence-electron chi connectivity index (χ4n) is 2.02. The van der Waals surface area contributed by atoms with Crippen molar-refractivity contribution in [3.8, 4) is 0 Å². The number of hydrogen-bond donors (Lipinski definition) is 4. The van der Waals surface area contributed by atoms with Crippen LogP contribution in [0, 0.1) is 0 Å². The van der Waals surface area contributed by atoms with Crippen LogP contribution < -0.4 is 10.6 Å². The Morgan fingerprint density at radius 2 is 1.80 bits per heavy atom. The SMILES string of the molecule is O=C(NCc1ccc(C(=O)O)cc1)NCC1(O)CCC1. The molecule has 0 spiro atoms. The summed E-state index contributed by atoms with van der Waals surface area (Å²) < 4.78 is 0. The molecule has 0 radical (unpaired) electrons. The van der Waals surface area contributed by atoms with Crippen molar-refractivity contribution in [3.05, 3.63) is 35.4 Å². The highest BCUT2D eigenvalue weighted by Crippen LogP contribution is 2.30. The molecule has 0 bridgehead atoms. The molecule has 0 aromatic heterocycles. The van der Waals surface area contributed by atoms with E-state index in [0.29, 0.717) is 6.54 Å². The van der Waals surface area contributed by atoms with Crippen LogP contribution in [0.5, 0.6) is 0 Å². The number of benzene rings is 1. The number of carbonyl (C=O) groups excluding carboxylic acids is 1. The number of rotatable bonds is 5. The fourth-order valence-corrected chi connectivity index (χ4v) is 2.02. The van der Waals surface area contributed by atoms with Gasteiger partial charge in [0, 0.05) is 13.1 Å². The number of aromatic carboxylic acids is 1. The quantitative estimate of drug-likeness (QED) is 0.648. The Kier molecular flexibility index (Phi) is 4.24. The van der Waals surface area contributed by atoms with Gasteiger partial charge in [0.1, 0.15) is 0 Å². The van der Waals surface area contributed by atoms with Crippen molar-refractivity contribution in [1.82, 2.24) is 10.6 Å². The molecule has 2 rings (SSSR count). The molecular weight excluding hydrogens is 260 g/mol. The number of amides is 2. The average molecular weight is 278 g/mol. The molecule has 6 nitrogen and oxygen atoms in total. The number of carbonyl (C=O) groups is 2. The average Bonchev–Trinajstić information content (AvgIpc) is 2.41. The normalized spacial score (nSPS) is 16.1. The van der Waals surface area contributed by atoms with Crippen LogP contribution in [0.25, 0.3) is 0 Å². The van der Waals surface area contributed by atoms with Gasteiger partial charge in [-0.25, -0.2) is 9.59 Å². The van der Waals surface area contributed by atoms with Gasteiger partial charge in [0.25, 0.3) is 0 Å². The summed E-state index contributed by atoms with van der Waals surface area (Å²) in [6.07, 6.45) is 2.45. The maximum Gasteiger partial charge on any atom is 0.335 e. The predicted octanol–water partition coefficient (Wildman–Crippen LogP) is 1.10. The molecule has 0 heterocycles. The molecule has 2 amide bonds. The van der Waals surface area contributed by atoms with Crippen molar-refractivity contribution in [2.24, 2.45) is 0 Å². The van der Waals surface area contributed by atoms with Crippen LogP contribution in [0.2, 0.25) is 0 Å². The first-order chi connectivity index (χ1) is 9.48. The lowest BCUT2D eigenvalue weighted by Gasteiger charge is -2.36.